The third kappa shape index (κ3) is 3.70. The number of nitrogens with zero attached hydrogens (tertiary/aromatic N) is 5. The number of carbonyl (C=O) groups excluding carboxylic acids is 1. The van der Waals surface area contributed by atoms with Crippen molar-refractivity contribution in [2.75, 3.05) is 11.4 Å². The van der Waals surface area contributed by atoms with Crippen molar-refractivity contribution in [1.82, 2.24) is 24.9 Å². The second kappa shape index (κ2) is 7.27. The van der Waals surface area contributed by atoms with Gasteiger partial charge in [0.15, 0.2) is 5.65 Å². The molecule has 1 unspecified atom stereocenters. The van der Waals surface area contributed by atoms with Crippen LogP contribution in [0.3, 0.4) is 0 Å². The van der Waals surface area contributed by atoms with Gasteiger partial charge in [-0.2, -0.15) is 5.10 Å². The van der Waals surface area contributed by atoms with Crippen LogP contribution in [-0.2, 0) is 4.79 Å². The molecule has 1 saturated heterocycles. The van der Waals surface area contributed by atoms with Gasteiger partial charge < -0.3 is 10.2 Å². The maximum absolute atomic E-state index is 13.7. The summed E-state index contributed by atoms with van der Waals surface area (Å²) in [5, 5.41) is 7.25. The topological polar surface area (TPSA) is 75.4 Å². The molecule has 1 N–H and O–H groups in total. The Kier molecular flexibility index (Phi) is 4.46. The largest absolute Gasteiger partial charge is 0.350 e. The summed E-state index contributed by atoms with van der Waals surface area (Å²) in [4.78, 5) is 22.9. The molecule has 3 aromatic rings. The summed E-state index contributed by atoms with van der Waals surface area (Å²) in [5.41, 5.74) is 2.32. The highest BCUT2D eigenvalue weighted by Gasteiger charge is 2.28. The van der Waals surface area contributed by atoms with Crippen LogP contribution >= 0.6 is 0 Å². The van der Waals surface area contributed by atoms with E-state index in [1.807, 2.05) is 12.3 Å². The van der Waals surface area contributed by atoms with E-state index in [4.69, 9.17) is 4.98 Å². The van der Waals surface area contributed by atoms with Crippen LogP contribution in [0.5, 0.6) is 0 Å². The van der Waals surface area contributed by atoms with E-state index >= 15 is 0 Å². The van der Waals surface area contributed by atoms with Crippen LogP contribution in [0.2, 0.25) is 0 Å². The molecule has 2 aliphatic rings. The average Bonchev–Trinajstić information content (AvgIpc) is 3.25. The van der Waals surface area contributed by atoms with Gasteiger partial charge in [0.25, 0.3) is 0 Å². The van der Waals surface area contributed by atoms with Crippen molar-refractivity contribution in [3.8, 4) is 0 Å². The van der Waals surface area contributed by atoms with E-state index in [1.54, 1.807) is 29.1 Å². The van der Waals surface area contributed by atoms with Crippen LogP contribution in [0.4, 0.5) is 10.2 Å². The lowest BCUT2D eigenvalue weighted by Gasteiger charge is -2.26. The molecule has 1 saturated carbocycles. The molecular formula is C21H21FN6O. The van der Waals surface area contributed by atoms with Gasteiger partial charge in [-0.15, -0.1) is 0 Å². The van der Waals surface area contributed by atoms with Crippen molar-refractivity contribution in [2.45, 2.75) is 37.8 Å². The van der Waals surface area contributed by atoms with E-state index in [1.165, 1.54) is 12.3 Å². The predicted molar refractivity (Wildman–Crippen MR) is 107 cm³/mol. The minimum Gasteiger partial charge on any atom is -0.350 e. The number of aromatic nitrogens is 4. The highest BCUT2D eigenvalue weighted by molar-refractivity contribution is 5.93. The van der Waals surface area contributed by atoms with E-state index < -0.39 is 0 Å². The molecule has 5 rings (SSSR count). The minimum absolute atomic E-state index is 0.0411. The Morgan fingerprint density at radius 1 is 1.24 bits per heavy atom. The predicted octanol–water partition coefficient (Wildman–Crippen LogP) is 2.90. The highest BCUT2D eigenvalue weighted by atomic mass is 19.1. The number of nitrogens with one attached hydrogen (secondary N) is 1. The van der Waals surface area contributed by atoms with E-state index in [0.717, 1.165) is 49.2 Å². The smallest absolute Gasteiger partial charge is 0.244 e. The van der Waals surface area contributed by atoms with Crippen LogP contribution in [-0.4, -0.2) is 38.1 Å². The summed E-state index contributed by atoms with van der Waals surface area (Å²) in [6, 6.07) is 3.82. The lowest BCUT2D eigenvalue weighted by molar-refractivity contribution is -0.116. The van der Waals surface area contributed by atoms with Crippen molar-refractivity contribution in [1.29, 1.82) is 0 Å². The second-order valence-electron chi connectivity index (χ2n) is 7.56. The molecule has 0 aromatic carbocycles. The molecule has 7 nitrogen and oxygen atoms in total. The van der Waals surface area contributed by atoms with E-state index in [9.17, 15) is 9.18 Å². The number of amides is 1. The first-order chi connectivity index (χ1) is 14.2. The van der Waals surface area contributed by atoms with E-state index in [2.05, 4.69) is 20.3 Å². The molecule has 1 aliphatic carbocycles. The lowest BCUT2D eigenvalue weighted by Crippen LogP contribution is -2.24. The van der Waals surface area contributed by atoms with Crippen LogP contribution in [0.15, 0.2) is 43.0 Å². The van der Waals surface area contributed by atoms with Crippen molar-refractivity contribution in [3.05, 3.63) is 59.9 Å². The zero-order chi connectivity index (χ0) is 19.8. The van der Waals surface area contributed by atoms with Gasteiger partial charge in [0.05, 0.1) is 18.4 Å². The first-order valence-electron chi connectivity index (χ1n) is 9.87. The SMILES string of the molecule is O=C(C=Cc1cnn2ccc(N3CCCC3c3cncc(F)c3)nc12)NC1CC1. The Bertz CT molecular complexity index is 1090. The van der Waals surface area contributed by atoms with Gasteiger partial charge in [-0.3, -0.25) is 9.78 Å². The Morgan fingerprint density at radius 3 is 2.97 bits per heavy atom. The van der Waals surface area contributed by atoms with Gasteiger partial charge in [-0.05, 0) is 49.5 Å². The summed E-state index contributed by atoms with van der Waals surface area (Å²) in [6.45, 7) is 0.841. The van der Waals surface area contributed by atoms with Crippen molar-refractivity contribution in [3.63, 3.8) is 0 Å². The quantitative estimate of drug-likeness (QED) is 0.676. The molecule has 8 heteroatoms. The molecule has 1 amide bonds. The minimum atomic E-state index is -0.328. The second-order valence-corrected chi connectivity index (χ2v) is 7.56. The number of halogens is 1. The zero-order valence-corrected chi connectivity index (χ0v) is 15.8. The summed E-state index contributed by atoms with van der Waals surface area (Å²) in [7, 11) is 0. The summed E-state index contributed by atoms with van der Waals surface area (Å²) in [6.07, 6.45) is 13.8. The number of rotatable bonds is 5. The number of anilines is 1. The molecule has 1 aliphatic heterocycles. The first kappa shape index (κ1) is 17.8. The molecule has 148 valence electrons. The fourth-order valence-corrected chi connectivity index (χ4v) is 3.79. The monoisotopic (exact) mass is 392 g/mol. The van der Waals surface area contributed by atoms with Gasteiger partial charge in [0.2, 0.25) is 5.91 Å². The summed E-state index contributed by atoms with van der Waals surface area (Å²) in [5.74, 6) is 0.383. The molecular weight excluding hydrogens is 371 g/mol. The Labute approximate surface area is 167 Å². The van der Waals surface area contributed by atoms with Crippen LogP contribution in [0, 0.1) is 5.82 Å². The Balaban J connectivity index is 1.43. The van der Waals surface area contributed by atoms with Gasteiger partial charge in [0, 0.05) is 36.6 Å². The first-order valence-corrected chi connectivity index (χ1v) is 9.87. The zero-order valence-electron chi connectivity index (χ0n) is 15.8. The Morgan fingerprint density at radius 2 is 2.14 bits per heavy atom. The van der Waals surface area contributed by atoms with Crippen molar-refractivity contribution in [2.24, 2.45) is 0 Å². The average molecular weight is 392 g/mol. The van der Waals surface area contributed by atoms with Gasteiger partial charge in [-0.1, -0.05) is 0 Å². The van der Waals surface area contributed by atoms with Crippen LogP contribution < -0.4 is 10.2 Å². The third-order valence-electron chi connectivity index (χ3n) is 5.38. The highest BCUT2D eigenvalue weighted by Crippen LogP contribution is 2.35. The number of hydrogen-bond donors (Lipinski definition) is 1. The molecule has 1 atom stereocenters. The van der Waals surface area contributed by atoms with Crippen LogP contribution in [0.25, 0.3) is 11.7 Å². The molecule has 3 aromatic heterocycles. The normalized spacial score (nSPS) is 19.3. The molecule has 29 heavy (non-hydrogen) atoms. The third-order valence-corrected chi connectivity index (χ3v) is 5.38. The molecule has 2 fully saturated rings. The maximum Gasteiger partial charge on any atom is 0.244 e. The van der Waals surface area contributed by atoms with Crippen molar-refractivity contribution < 1.29 is 9.18 Å². The maximum atomic E-state index is 13.7. The summed E-state index contributed by atoms with van der Waals surface area (Å²) < 4.78 is 15.3. The Hall–Kier alpha value is -3.29. The van der Waals surface area contributed by atoms with Gasteiger partial charge in [0.1, 0.15) is 11.6 Å². The number of pyridine rings is 1. The number of hydrogen-bond acceptors (Lipinski definition) is 5. The molecule has 4 heterocycles. The molecule has 0 spiro atoms. The fourth-order valence-electron chi connectivity index (χ4n) is 3.79. The van der Waals surface area contributed by atoms with E-state index in [0.29, 0.717) is 11.7 Å². The van der Waals surface area contributed by atoms with Gasteiger partial charge >= 0.3 is 0 Å². The fraction of sp³-hybridized carbons (Fsp3) is 0.333. The van der Waals surface area contributed by atoms with Crippen molar-refractivity contribution >= 4 is 23.4 Å². The van der Waals surface area contributed by atoms with Gasteiger partial charge in [-0.25, -0.2) is 13.9 Å². The molecule has 0 bridgehead atoms. The standard InChI is InChI=1S/C21H21FN6O/c22-16-10-15(11-23-13-16)18-2-1-8-27(18)19-7-9-28-21(26-19)14(12-24-28)3-6-20(29)25-17-4-5-17/h3,6-7,9-13,17-18H,1-2,4-5,8H2,(H,25,29). The molecule has 0 radical (unpaired) electrons. The summed E-state index contributed by atoms with van der Waals surface area (Å²) >= 11 is 0. The number of carbonyl (C=O) groups is 1. The van der Waals surface area contributed by atoms with Crippen LogP contribution in [0.1, 0.15) is 42.9 Å². The lowest BCUT2D eigenvalue weighted by atomic mass is 10.1. The van der Waals surface area contributed by atoms with E-state index in [-0.39, 0.29) is 17.8 Å². The number of fused-ring (bicyclic) bond motifs is 1.